The normalized spacial score (nSPS) is 14.8. The topological polar surface area (TPSA) is 44.1 Å². The third-order valence-corrected chi connectivity index (χ3v) is 3.21. The van der Waals surface area contributed by atoms with Crippen molar-refractivity contribution in [3.63, 3.8) is 0 Å². The van der Waals surface area contributed by atoms with Crippen molar-refractivity contribution in [2.45, 2.75) is 13.0 Å². The number of hydrogen-bond donors (Lipinski definition) is 0. The fraction of sp³-hybridized carbons (Fsp3) is 0.333. The molecule has 0 saturated heterocycles. The zero-order valence-corrected chi connectivity index (χ0v) is 7.80. The predicted octanol–water partition coefficient (Wildman–Crippen LogP) is 1.16. The summed E-state index contributed by atoms with van der Waals surface area (Å²) in [6.45, 7) is 1.28. The molecule has 1 aliphatic heterocycles. The van der Waals surface area contributed by atoms with Crippen LogP contribution in [0.15, 0.2) is 11.4 Å². The number of thiophene rings is 1. The maximum atomic E-state index is 11.1. The Labute approximate surface area is 80.2 Å². The van der Waals surface area contributed by atoms with E-state index in [1.807, 2.05) is 11.4 Å². The third kappa shape index (κ3) is 1.43. The van der Waals surface area contributed by atoms with E-state index in [-0.39, 0.29) is 0 Å². The van der Waals surface area contributed by atoms with Crippen LogP contribution in [0.5, 0.6) is 0 Å². The molecule has 1 aromatic rings. The molecule has 1 aliphatic rings. The van der Waals surface area contributed by atoms with Crippen LogP contribution in [-0.2, 0) is 17.8 Å². The molecule has 1 aromatic heterocycles. The number of amides is 1. The first-order valence-electron chi connectivity index (χ1n) is 4.05. The molecule has 2 rings (SSSR count). The van der Waals surface area contributed by atoms with Gasteiger partial charge in [-0.05, 0) is 23.4 Å². The van der Waals surface area contributed by atoms with E-state index in [4.69, 9.17) is 5.26 Å². The number of fused-ring (bicyclic) bond motifs is 1. The maximum absolute atomic E-state index is 11.1. The van der Waals surface area contributed by atoms with Gasteiger partial charge in [0.2, 0.25) is 0 Å². The van der Waals surface area contributed by atoms with Gasteiger partial charge in [0.05, 0.1) is 0 Å². The van der Waals surface area contributed by atoms with Gasteiger partial charge in [-0.15, -0.1) is 11.3 Å². The zero-order chi connectivity index (χ0) is 9.26. The zero-order valence-electron chi connectivity index (χ0n) is 6.99. The van der Waals surface area contributed by atoms with Crippen molar-refractivity contribution >= 4 is 17.2 Å². The molecule has 0 radical (unpaired) electrons. The Morgan fingerprint density at radius 2 is 2.54 bits per heavy atom. The van der Waals surface area contributed by atoms with Crippen LogP contribution < -0.4 is 0 Å². The lowest BCUT2D eigenvalue weighted by Crippen LogP contribution is -2.34. The fourth-order valence-corrected chi connectivity index (χ4v) is 2.38. The number of nitrogens with zero attached hydrogens (tertiary/aromatic N) is 2. The number of hydrogen-bond acceptors (Lipinski definition) is 3. The van der Waals surface area contributed by atoms with Gasteiger partial charge < -0.3 is 4.90 Å². The first-order valence-corrected chi connectivity index (χ1v) is 4.93. The smallest absolute Gasteiger partial charge is 0.325 e. The largest absolute Gasteiger partial charge is 0.325 e. The fourth-order valence-electron chi connectivity index (χ4n) is 1.49. The minimum Gasteiger partial charge on any atom is -0.325 e. The highest BCUT2D eigenvalue weighted by atomic mass is 32.1. The van der Waals surface area contributed by atoms with Gasteiger partial charge in [0, 0.05) is 18.0 Å². The first-order chi connectivity index (χ1) is 6.31. The summed E-state index contributed by atoms with van der Waals surface area (Å²) in [5, 5.41) is 10.5. The Balaban J connectivity index is 2.18. The van der Waals surface area contributed by atoms with Crippen molar-refractivity contribution in [1.82, 2.24) is 4.90 Å². The van der Waals surface area contributed by atoms with Crippen molar-refractivity contribution in [2.24, 2.45) is 0 Å². The molecule has 0 N–H and O–H groups in total. The summed E-state index contributed by atoms with van der Waals surface area (Å²) in [4.78, 5) is 14.0. The monoisotopic (exact) mass is 192 g/mol. The van der Waals surface area contributed by atoms with Gasteiger partial charge >= 0.3 is 5.91 Å². The van der Waals surface area contributed by atoms with Gasteiger partial charge in [-0.1, -0.05) is 0 Å². The van der Waals surface area contributed by atoms with Crippen LogP contribution in [0.1, 0.15) is 10.4 Å². The summed E-state index contributed by atoms with van der Waals surface area (Å²) < 4.78 is 0. The third-order valence-electron chi connectivity index (χ3n) is 2.19. The summed E-state index contributed by atoms with van der Waals surface area (Å²) in [5.41, 5.74) is 1.19. The van der Waals surface area contributed by atoms with Crippen LogP contribution in [0, 0.1) is 11.3 Å². The Morgan fingerprint density at radius 1 is 1.69 bits per heavy atom. The second kappa shape index (κ2) is 3.19. The molecular weight excluding hydrogens is 184 g/mol. The minimum atomic E-state index is -0.420. The molecule has 66 valence electrons. The first kappa shape index (κ1) is 8.27. The number of carbonyl (C=O) groups is 1. The highest BCUT2D eigenvalue weighted by Crippen LogP contribution is 2.23. The van der Waals surface area contributed by atoms with Crippen molar-refractivity contribution in [3.8, 4) is 6.07 Å². The summed E-state index contributed by atoms with van der Waals surface area (Å²) in [5.74, 6) is -0.420. The van der Waals surface area contributed by atoms with Gasteiger partial charge in [0.1, 0.15) is 0 Å². The molecule has 0 saturated carbocycles. The van der Waals surface area contributed by atoms with E-state index in [1.54, 1.807) is 22.3 Å². The molecule has 2 heterocycles. The quantitative estimate of drug-likeness (QED) is 0.579. The van der Waals surface area contributed by atoms with Crippen LogP contribution in [0.2, 0.25) is 0 Å². The average Bonchev–Trinajstić information content (AvgIpc) is 2.63. The van der Waals surface area contributed by atoms with E-state index in [2.05, 4.69) is 0 Å². The maximum Gasteiger partial charge on any atom is 0.325 e. The number of rotatable bonds is 0. The highest BCUT2D eigenvalue weighted by molar-refractivity contribution is 7.10. The Kier molecular flexibility index (Phi) is 2.03. The number of carbonyl (C=O) groups excluding carboxylic acids is 1. The van der Waals surface area contributed by atoms with Gasteiger partial charge in [-0.25, -0.2) is 0 Å². The SMILES string of the molecule is N#CC(=O)N1CCc2sccc2C1. The van der Waals surface area contributed by atoms with Gasteiger partial charge in [-0.3, -0.25) is 4.79 Å². The molecule has 0 bridgehead atoms. The van der Waals surface area contributed by atoms with E-state index in [0.717, 1.165) is 6.42 Å². The summed E-state index contributed by atoms with van der Waals surface area (Å²) in [6.07, 6.45) is 0.889. The molecule has 0 unspecified atom stereocenters. The second-order valence-electron chi connectivity index (χ2n) is 2.96. The summed E-state index contributed by atoms with van der Waals surface area (Å²) in [7, 11) is 0. The molecular formula is C9H8N2OS. The Bertz CT molecular complexity index is 377. The molecule has 3 nitrogen and oxygen atoms in total. The Morgan fingerprint density at radius 3 is 3.31 bits per heavy atom. The van der Waals surface area contributed by atoms with Crippen LogP contribution >= 0.6 is 11.3 Å². The Hall–Kier alpha value is -1.34. The predicted molar refractivity (Wildman–Crippen MR) is 49.1 cm³/mol. The van der Waals surface area contributed by atoms with Crippen LogP contribution in [0.3, 0.4) is 0 Å². The van der Waals surface area contributed by atoms with Crippen LogP contribution in [-0.4, -0.2) is 17.4 Å². The van der Waals surface area contributed by atoms with Crippen molar-refractivity contribution in [3.05, 3.63) is 21.9 Å². The van der Waals surface area contributed by atoms with E-state index in [1.165, 1.54) is 10.4 Å². The molecule has 4 heteroatoms. The highest BCUT2D eigenvalue weighted by Gasteiger charge is 2.20. The van der Waals surface area contributed by atoms with Crippen molar-refractivity contribution in [1.29, 1.82) is 5.26 Å². The van der Waals surface area contributed by atoms with Crippen molar-refractivity contribution < 1.29 is 4.79 Å². The number of nitriles is 1. The summed E-state index contributed by atoms with van der Waals surface area (Å²) >= 11 is 1.73. The van der Waals surface area contributed by atoms with E-state index in [0.29, 0.717) is 13.1 Å². The molecule has 0 aromatic carbocycles. The molecule has 0 fully saturated rings. The van der Waals surface area contributed by atoms with Crippen LogP contribution in [0.4, 0.5) is 0 Å². The van der Waals surface area contributed by atoms with Crippen LogP contribution in [0.25, 0.3) is 0 Å². The summed E-state index contributed by atoms with van der Waals surface area (Å²) in [6, 6.07) is 3.67. The van der Waals surface area contributed by atoms with E-state index >= 15 is 0 Å². The lowest BCUT2D eigenvalue weighted by Gasteiger charge is -2.24. The standard InChI is InChI=1S/C9H8N2OS/c10-5-9(12)11-3-1-8-7(6-11)2-4-13-8/h2,4H,1,3,6H2. The lowest BCUT2D eigenvalue weighted by molar-refractivity contribution is -0.126. The van der Waals surface area contributed by atoms with Crippen molar-refractivity contribution in [2.75, 3.05) is 6.54 Å². The molecule has 13 heavy (non-hydrogen) atoms. The molecule has 0 atom stereocenters. The second-order valence-corrected chi connectivity index (χ2v) is 3.96. The van der Waals surface area contributed by atoms with E-state index < -0.39 is 5.91 Å². The van der Waals surface area contributed by atoms with Gasteiger partial charge in [0.25, 0.3) is 0 Å². The molecule has 1 amide bonds. The molecule has 0 spiro atoms. The minimum absolute atomic E-state index is 0.420. The average molecular weight is 192 g/mol. The molecule has 0 aliphatic carbocycles. The lowest BCUT2D eigenvalue weighted by atomic mass is 10.1. The van der Waals surface area contributed by atoms with Gasteiger partial charge in [0.15, 0.2) is 6.07 Å². The van der Waals surface area contributed by atoms with Gasteiger partial charge in [-0.2, -0.15) is 5.26 Å². The van der Waals surface area contributed by atoms with E-state index in [9.17, 15) is 4.79 Å².